The highest BCUT2D eigenvalue weighted by Crippen LogP contribution is 2.33. The predicted octanol–water partition coefficient (Wildman–Crippen LogP) is 9.80. The van der Waals surface area contributed by atoms with Gasteiger partial charge in [-0.3, -0.25) is 0 Å². The molecule has 0 spiro atoms. The molecule has 0 N–H and O–H groups in total. The van der Waals surface area contributed by atoms with E-state index >= 15 is 4.39 Å². The highest BCUT2D eigenvalue weighted by molar-refractivity contribution is 5.71. The fourth-order valence-corrected chi connectivity index (χ4v) is 5.05. The summed E-state index contributed by atoms with van der Waals surface area (Å²) in [6.07, 6.45) is 9.04. The monoisotopic (exact) mass is 524 g/mol. The molecule has 0 radical (unpaired) electrons. The third kappa shape index (κ3) is 7.06. The third-order valence-corrected chi connectivity index (χ3v) is 7.42. The van der Waals surface area contributed by atoms with E-state index in [0.29, 0.717) is 53.4 Å². The van der Waals surface area contributed by atoms with E-state index in [4.69, 9.17) is 9.47 Å². The summed E-state index contributed by atoms with van der Waals surface area (Å²) in [6, 6.07) is 15.1. The molecule has 38 heavy (non-hydrogen) atoms. The first-order chi connectivity index (χ1) is 18.5. The van der Waals surface area contributed by atoms with Gasteiger partial charge in [0.15, 0.2) is 17.9 Å². The first-order valence-electron chi connectivity index (χ1n) is 14.1. The number of unbranched alkanes of at least 4 members (excludes halogenated alkanes) is 5. The summed E-state index contributed by atoms with van der Waals surface area (Å²) >= 11 is 0. The van der Waals surface area contributed by atoms with Crippen LogP contribution >= 0.6 is 0 Å². The largest absolute Gasteiger partial charge is 0.348 e. The zero-order chi connectivity index (χ0) is 26.9. The third-order valence-electron chi connectivity index (χ3n) is 7.42. The maximum atomic E-state index is 15.1. The van der Waals surface area contributed by atoms with Crippen molar-refractivity contribution >= 4 is 0 Å². The molecule has 2 nitrogen and oxygen atoms in total. The van der Waals surface area contributed by atoms with Crippen molar-refractivity contribution in [3.05, 3.63) is 83.2 Å². The minimum Gasteiger partial charge on any atom is -0.348 e. The van der Waals surface area contributed by atoms with Crippen molar-refractivity contribution in [2.45, 2.75) is 77.9 Å². The van der Waals surface area contributed by atoms with Gasteiger partial charge in [0.05, 0.1) is 13.2 Å². The van der Waals surface area contributed by atoms with Crippen molar-refractivity contribution < 1.29 is 22.6 Å². The van der Waals surface area contributed by atoms with Crippen LogP contribution < -0.4 is 0 Å². The van der Waals surface area contributed by atoms with Crippen LogP contribution in [0, 0.1) is 23.4 Å². The van der Waals surface area contributed by atoms with Gasteiger partial charge in [0.2, 0.25) is 0 Å². The fourth-order valence-electron chi connectivity index (χ4n) is 5.05. The molecule has 1 aliphatic heterocycles. The van der Waals surface area contributed by atoms with Crippen LogP contribution in [-0.2, 0) is 15.9 Å². The quantitative estimate of drug-likeness (QED) is 0.220. The van der Waals surface area contributed by atoms with Crippen molar-refractivity contribution in [3.63, 3.8) is 0 Å². The summed E-state index contributed by atoms with van der Waals surface area (Å²) in [6.45, 7) is 5.48. The van der Waals surface area contributed by atoms with Crippen LogP contribution in [0.5, 0.6) is 0 Å². The highest BCUT2D eigenvalue weighted by atomic mass is 19.2. The Balaban J connectivity index is 1.38. The molecule has 0 aromatic heterocycles. The van der Waals surface area contributed by atoms with Crippen LogP contribution in [0.25, 0.3) is 22.3 Å². The number of benzene rings is 3. The van der Waals surface area contributed by atoms with Gasteiger partial charge in [0.1, 0.15) is 5.82 Å². The number of hydrogen-bond acceptors (Lipinski definition) is 2. The zero-order valence-electron chi connectivity index (χ0n) is 22.6. The SMILES string of the molecule is CCCCCCCC1COC(c2ccc(-c3ccc(-c4ccc(CCCC)c(F)c4F)cc3)c(F)c2)OC1. The lowest BCUT2D eigenvalue weighted by Crippen LogP contribution is -2.27. The molecule has 1 saturated heterocycles. The molecular weight excluding hydrogens is 485 g/mol. The van der Waals surface area contributed by atoms with E-state index in [2.05, 4.69) is 6.92 Å². The molecule has 1 fully saturated rings. The standard InChI is InChI=1S/C33H39F3O2/c1-3-5-7-8-9-10-23-21-37-33(38-22-23)27-17-18-28(30(34)20-27)24-12-14-25(15-13-24)29-19-16-26(11-6-4-2)31(35)32(29)36/h12-20,23,33H,3-11,21-22H2,1-2H3. The Labute approximate surface area is 225 Å². The van der Waals surface area contributed by atoms with Gasteiger partial charge in [-0.15, -0.1) is 0 Å². The first-order valence-corrected chi connectivity index (χ1v) is 14.1. The second-order valence-corrected chi connectivity index (χ2v) is 10.4. The van der Waals surface area contributed by atoms with E-state index in [9.17, 15) is 8.78 Å². The molecule has 3 aromatic carbocycles. The number of aryl methyl sites for hydroxylation is 1. The second-order valence-electron chi connectivity index (χ2n) is 10.4. The molecule has 204 valence electrons. The number of rotatable bonds is 12. The van der Waals surface area contributed by atoms with E-state index < -0.39 is 17.9 Å². The zero-order valence-corrected chi connectivity index (χ0v) is 22.6. The van der Waals surface area contributed by atoms with Gasteiger partial charge in [-0.25, -0.2) is 13.2 Å². The van der Waals surface area contributed by atoms with Gasteiger partial charge in [-0.05, 0) is 42.0 Å². The Hall–Kier alpha value is -2.63. The lowest BCUT2D eigenvalue weighted by Gasteiger charge is -2.29. The smallest absolute Gasteiger partial charge is 0.183 e. The van der Waals surface area contributed by atoms with E-state index in [1.165, 1.54) is 38.2 Å². The molecule has 4 rings (SSSR count). The Morgan fingerprint density at radius 2 is 1.32 bits per heavy atom. The Morgan fingerprint density at radius 3 is 1.97 bits per heavy atom. The normalized spacial score (nSPS) is 17.6. The molecule has 0 unspecified atom stereocenters. The molecule has 5 heteroatoms. The van der Waals surface area contributed by atoms with Gasteiger partial charge >= 0.3 is 0 Å². The average molecular weight is 525 g/mol. The van der Waals surface area contributed by atoms with Crippen molar-refractivity contribution in [1.82, 2.24) is 0 Å². The number of hydrogen-bond donors (Lipinski definition) is 0. The maximum absolute atomic E-state index is 15.1. The summed E-state index contributed by atoms with van der Waals surface area (Å²) in [5.74, 6) is -1.61. The van der Waals surface area contributed by atoms with Crippen molar-refractivity contribution in [2.75, 3.05) is 13.2 Å². The lowest BCUT2D eigenvalue weighted by atomic mass is 9.97. The highest BCUT2D eigenvalue weighted by Gasteiger charge is 2.24. The second kappa shape index (κ2) is 14.0. The van der Waals surface area contributed by atoms with Gasteiger partial charge in [-0.2, -0.15) is 0 Å². The van der Waals surface area contributed by atoms with E-state index in [1.807, 2.05) is 13.0 Å². The summed E-state index contributed by atoms with van der Waals surface area (Å²) in [5, 5.41) is 0. The van der Waals surface area contributed by atoms with E-state index in [-0.39, 0.29) is 11.4 Å². The van der Waals surface area contributed by atoms with E-state index in [0.717, 1.165) is 19.3 Å². The Morgan fingerprint density at radius 1 is 0.684 bits per heavy atom. The topological polar surface area (TPSA) is 18.5 Å². The molecule has 0 amide bonds. The minimum absolute atomic E-state index is 0.205. The average Bonchev–Trinajstić information content (AvgIpc) is 2.94. The Kier molecular flexibility index (Phi) is 10.4. The van der Waals surface area contributed by atoms with Gasteiger partial charge in [-0.1, -0.05) is 101 Å². The summed E-state index contributed by atoms with van der Waals surface area (Å²) < 4.78 is 56.2. The molecule has 1 aliphatic rings. The lowest BCUT2D eigenvalue weighted by molar-refractivity contribution is -0.206. The molecular formula is C33H39F3O2. The number of halogens is 3. The van der Waals surface area contributed by atoms with Crippen LogP contribution in [0.4, 0.5) is 13.2 Å². The Bertz CT molecular complexity index is 1170. The van der Waals surface area contributed by atoms with Gasteiger partial charge in [0.25, 0.3) is 0 Å². The molecule has 0 saturated carbocycles. The maximum Gasteiger partial charge on any atom is 0.183 e. The number of ether oxygens (including phenoxy) is 2. The summed E-state index contributed by atoms with van der Waals surface area (Å²) in [7, 11) is 0. The van der Waals surface area contributed by atoms with E-state index in [1.54, 1.807) is 42.5 Å². The minimum atomic E-state index is -0.840. The van der Waals surface area contributed by atoms with Crippen molar-refractivity contribution in [3.8, 4) is 22.3 Å². The van der Waals surface area contributed by atoms with Crippen LogP contribution in [-0.4, -0.2) is 13.2 Å². The fraction of sp³-hybridized carbons (Fsp3) is 0.455. The van der Waals surface area contributed by atoms with Crippen molar-refractivity contribution in [1.29, 1.82) is 0 Å². The first kappa shape index (κ1) is 28.4. The molecule has 0 atom stereocenters. The summed E-state index contributed by atoms with van der Waals surface area (Å²) in [5.41, 5.74) is 2.90. The predicted molar refractivity (Wildman–Crippen MR) is 147 cm³/mol. The van der Waals surface area contributed by atoms with Gasteiger partial charge < -0.3 is 9.47 Å². The molecule has 1 heterocycles. The van der Waals surface area contributed by atoms with Crippen LogP contribution in [0.15, 0.2) is 54.6 Å². The van der Waals surface area contributed by atoms with Crippen LogP contribution in [0.3, 0.4) is 0 Å². The van der Waals surface area contributed by atoms with Crippen LogP contribution in [0.1, 0.15) is 82.6 Å². The molecule has 0 bridgehead atoms. The molecule has 3 aromatic rings. The van der Waals surface area contributed by atoms with Crippen molar-refractivity contribution in [2.24, 2.45) is 5.92 Å². The summed E-state index contributed by atoms with van der Waals surface area (Å²) in [4.78, 5) is 0. The van der Waals surface area contributed by atoms with Gasteiger partial charge in [0, 0.05) is 22.6 Å². The molecule has 0 aliphatic carbocycles. The van der Waals surface area contributed by atoms with Crippen LogP contribution in [0.2, 0.25) is 0 Å².